The molecule has 1 amide bonds. The molecule has 0 aromatic heterocycles. The van der Waals surface area contributed by atoms with Gasteiger partial charge in [-0.15, -0.1) is 0 Å². The van der Waals surface area contributed by atoms with Gasteiger partial charge in [0.1, 0.15) is 0 Å². The summed E-state index contributed by atoms with van der Waals surface area (Å²) in [5.41, 5.74) is -0.389. The van der Waals surface area contributed by atoms with Crippen LogP contribution in [0, 0.1) is 0 Å². The molecular formula is C10H19NO2. The van der Waals surface area contributed by atoms with E-state index in [9.17, 15) is 9.90 Å². The largest absolute Gasteiger partial charge is 0.386 e. The minimum Gasteiger partial charge on any atom is -0.386 e. The molecule has 2 N–H and O–H groups in total. The van der Waals surface area contributed by atoms with Crippen molar-refractivity contribution in [2.24, 2.45) is 0 Å². The van der Waals surface area contributed by atoms with Gasteiger partial charge >= 0.3 is 0 Å². The van der Waals surface area contributed by atoms with Crippen LogP contribution in [0.3, 0.4) is 0 Å². The molecule has 0 saturated heterocycles. The first-order valence-corrected chi connectivity index (χ1v) is 4.45. The maximum Gasteiger partial charge on any atom is 0.246 e. The Bertz CT molecular complexity index is 211. The maximum atomic E-state index is 11.3. The van der Waals surface area contributed by atoms with Crippen molar-refractivity contribution in [1.29, 1.82) is 0 Å². The summed E-state index contributed by atoms with van der Waals surface area (Å²) in [4.78, 5) is 11.3. The zero-order chi connectivity index (χ0) is 10.6. The van der Waals surface area contributed by atoms with Crippen molar-refractivity contribution in [3.05, 3.63) is 11.6 Å². The number of carbonyl (C=O) groups is 1. The SMILES string of the molecule is C/C(=C\C(C)(C)O)C(=O)NC(C)C. The van der Waals surface area contributed by atoms with Crippen molar-refractivity contribution in [2.45, 2.75) is 46.3 Å². The Hall–Kier alpha value is -0.830. The molecule has 0 rings (SSSR count). The third kappa shape index (κ3) is 6.34. The van der Waals surface area contributed by atoms with E-state index >= 15 is 0 Å². The summed E-state index contributed by atoms with van der Waals surface area (Å²) >= 11 is 0. The third-order valence-electron chi connectivity index (χ3n) is 1.35. The van der Waals surface area contributed by atoms with E-state index in [0.29, 0.717) is 5.57 Å². The summed E-state index contributed by atoms with van der Waals surface area (Å²) in [7, 11) is 0. The van der Waals surface area contributed by atoms with Crippen LogP contribution in [0.1, 0.15) is 34.6 Å². The van der Waals surface area contributed by atoms with Crippen molar-refractivity contribution in [3.8, 4) is 0 Å². The number of hydrogen-bond acceptors (Lipinski definition) is 2. The molecule has 0 unspecified atom stereocenters. The highest BCUT2D eigenvalue weighted by Crippen LogP contribution is 2.07. The standard InChI is InChI=1S/C10H19NO2/c1-7(2)11-9(12)8(3)6-10(4,5)13/h6-7,13H,1-5H3,(H,11,12)/b8-6+. The molecule has 0 aliphatic carbocycles. The van der Waals surface area contributed by atoms with E-state index < -0.39 is 5.60 Å². The Balaban J connectivity index is 4.34. The lowest BCUT2D eigenvalue weighted by atomic mass is 10.1. The molecule has 0 atom stereocenters. The summed E-state index contributed by atoms with van der Waals surface area (Å²) in [6, 6.07) is 0.123. The van der Waals surface area contributed by atoms with E-state index in [-0.39, 0.29) is 11.9 Å². The zero-order valence-electron chi connectivity index (χ0n) is 9.01. The molecule has 0 aromatic rings. The summed E-state index contributed by atoms with van der Waals surface area (Å²) in [5.74, 6) is -0.128. The van der Waals surface area contributed by atoms with E-state index in [1.807, 2.05) is 13.8 Å². The van der Waals surface area contributed by atoms with Gasteiger partial charge in [-0.25, -0.2) is 0 Å². The van der Waals surface area contributed by atoms with Crippen LogP contribution in [0.2, 0.25) is 0 Å². The fourth-order valence-electron chi connectivity index (χ4n) is 0.971. The molecular weight excluding hydrogens is 166 g/mol. The van der Waals surface area contributed by atoms with Crippen molar-refractivity contribution in [2.75, 3.05) is 0 Å². The van der Waals surface area contributed by atoms with E-state index in [4.69, 9.17) is 0 Å². The van der Waals surface area contributed by atoms with Gasteiger partial charge in [0.25, 0.3) is 0 Å². The molecule has 0 spiro atoms. The van der Waals surface area contributed by atoms with Gasteiger partial charge in [-0.05, 0) is 40.7 Å². The van der Waals surface area contributed by atoms with E-state index in [1.54, 1.807) is 26.8 Å². The second kappa shape index (κ2) is 4.42. The number of rotatable bonds is 3. The van der Waals surface area contributed by atoms with Crippen molar-refractivity contribution < 1.29 is 9.90 Å². The summed E-state index contributed by atoms with van der Waals surface area (Å²) < 4.78 is 0. The van der Waals surface area contributed by atoms with Crippen LogP contribution in [-0.2, 0) is 4.79 Å². The highest BCUT2D eigenvalue weighted by molar-refractivity contribution is 5.93. The minimum atomic E-state index is -0.932. The van der Waals surface area contributed by atoms with Crippen LogP contribution in [0.5, 0.6) is 0 Å². The fourth-order valence-corrected chi connectivity index (χ4v) is 0.971. The Morgan fingerprint density at radius 3 is 2.23 bits per heavy atom. The van der Waals surface area contributed by atoms with Crippen molar-refractivity contribution >= 4 is 5.91 Å². The van der Waals surface area contributed by atoms with E-state index in [2.05, 4.69) is 5.32 Å². The van der Waals surface area contributed by atoms with Gasteiger partial charge in [0.15, 0.2) is 0 Å². The molecule has 13 heavy (non-hydrogen) atoms. The lowest BCUT2D eigenvalue weighted by molar-refractivity contribution is -0.118. The van der Waals surface area contributed by atoms with Gasteiger partial charge in [-0.2, -0.15) is 0 Å². The molecule has 0 aromatic carbocycles. The number of hydrogen-bond donors (Lipinski definition) is 2. The number of amides is 1. The lowest BCUT2D eigenvalue weighted by Crippen LogP contribution is -2.31. The molecule has 0 fully saturated rings. The zero-order valence-corrected chi connectivity index (χ0v) is 9.01. The van der Waals surface area contributed by atoms with E-state index in [1.165, 1.54) is 0 Å². The van der Waals surface area contributed by atoms with Crippen LogP contribution in [-0.4, -0.2) is 22.7 Å². The highest BCUT2D eigenvalue weighted by Gasteiger charge is 2.12. The van der Waals surface area contributed by atoms with E-state index in [0.717, 1.165) is 0 Å². The van der Waals surface area contributed by atoms with Crippen LogP contribution in [0.15, 0.2) is 11.6 Å². The molecule has 0 bridgehead atoms. The normalized spacial score (nSPS) is 13.3. The number of carbonyl (C=O) groups excluding carboxylic acids is 1. The third-order valence-corrected chi connectivity index (χ3v) is 1.35. The Morgan fingerprint density at radius 1 is 1.46 bits per heavy atom. The quantitative estimate of drug-likeness (QED) is 0.650. The summed E-state index contributed by atoms with van der Waals surface area (Å²) in [5, 5.41) is 12.2. The smallest absolute Gasteiger partial charge is 0.246 e. The van der Waals surface area contributed by atoms with Crippen LogP contribution < -0.4 is 5.32 Å². The molecule has 0 radical (unpaired) electrons. The first-order valence-electron chi connectivity index (χ1n) is 4.45. The first kappa shape index (κ1) is 12.2. The van der Waals surface area contributed by atoms with Gasteiger partial charge < -0.3 is 10.4 Å². The minimum absolute atomic E-state index is 0.123. The first-order chi connectivity index (χ1) is 5.72. The molecule has 0 saturated carbocycles. The number of aliphatic hydroxyl groups is 1. The van der Waals surface area contributed by atoms with Gasteiger partial charge in [-0.1, -0.05) is 0 Å². The van der Waals surface area contributed by atoms with Crippen molar-refractivity contribution in [1.82, 2.24) is 5.32 Å². The van der Waals surface area contributed by atoms with Gasteiger partial charge in [0, 0.05) is 11.6 Å². The predicted octanol–water partition coefficient (Wildman–Crippen LogP) is 1.23. The van der Waals surface area contributed by atoms with Crippen LogP contribution >= 0.6 is 0 Å². The second-order valence-electron chi connectivity index (χ2n) is 4.11. The second-order valence-corrected chi connectivity index (χ2v) is 4.11. The Morgan fingerprint density at radius 2 is 1.92 bits per heavy atom. The average Bonchev–Trinajstić information content (AvgIpc) is 1.81. The van der Waals surface area contributed by atoms with Gasteiger partial charge in [0.05, 0.1) is 5.60 Å². The van der Waals surface area contributed by atoms with Gasteiger partial charge in [-0.3, -0.25) is 4.79 Å². The summed E-state index contributed by atoms with van der Waals surface area (Å²) in [6.45, 7) is 8.76. The predicted molar refractivity (Wildman–Crippen MR) is 53.3 cm³/mol. The Labute approximate surface area is 79.8 Å². The molecule has 0 aliphatic rings. The Kier molecular flexibility index (Phi) is 4.14. The summed E-state index contributed by atoms with van der Waals surface area (Å²) in [6.07, 6.45) is 1.55. The molecule has 3 nitrogen and oxygen atoms in total. The highest BCUT2D eigenvalue weighted by atomic mass is 16.3. The van der Waals surface area contributed by atoms with Crippen LogP contribution in [0.4, 0.5) is 0 Å². The average molecular weight is 185 g/mol. The van der Waals surface area contributed by atoms with Crippen molar-refractivity contribution in [3.63, 3.8) is 0 Å². The number of nitrogens with one attached hydrogen (secondary N) is 1. The molecule has 76 valence electrons. The maximum absolute atomic E-state index is 11.3. The van der Waals surface area contributed by atoms with Crippen LogP contribution in [0.25, 0.3) is 0 Å². The molecule has 3 heteroatoms. The van der Waals surface area contributed by atoms with Gasteiger partial charge in [0.2, 0.25) is 5.91 Å². The topological polar surface area (TPSA) is 49.3 Å². The lowest BCUT2D eigenvalue weighted by Gasteiger charge is -2.14. The molecule has 0 heterocycles. The monoisotopic (exact) mass is 185 g/mol. The fraction of sp³-hybridized carbons (Fsp3) is 0.700. The molecule has 0 aliphatic heterocycles.